The second kappa shape index (κ2) is 10.8. The highest BCUT2D eigenvalue weighted by atomic mass is 35.5. The summed E-state index contributed by atoms with van der Waals surface area (Å²) in [4.78, 5) is 27.7. The molecule has 0 bridgehead atoms. The number of fused-ring (bicyclic) bond motifs is 1. The molecule has 1 amide bonds. The number of esters is 1. The molecule has 0 aliphatic carbocycles. The fraction of sp³-hybridized carbons (Fsp3) is 0.143. The van der Waals surface area contributed by atoms with Crippen LogP contribution in [0.1, 0.15) is 33.2 Å². The van der Waals surface area contributed by atoms with Crippen LogP contribution >= 0.6 is 23.2 Å². The summed E-state index contributed by atoms with van der Waals surface area (Å²) in [5, 5.41) is 2.83. The Morgan fingerprint density at radius 2 is 1.57 bits per heavy atom. The highest BCUT2D eigenvalue weighted by Gasteiger charge is 2.23. The van der Waals surface area contributed by atoms with Gasteiger partial charge in [-0.25, -0.2) is 4.79 Å². The molecule has 0 fully saturated rings. The van der Waals surface area contributed by atoms with Crippen molar-refractivity contribution in [3.63, 3.8) is 0 Å². The van der Waals surface area contributed by atoms with Crippen LogP contribution in [0.15, 0.2) is 78.9 Å². The van der Waals surface area contributed by atoms with E-state index in [1.54, 1.807) is 54.3 Å². The largest absolute Gasteiger partial charge is 0.496 e. The molecule has 0 aliphatic heterocycles. The van der Waals surface area contributed by atoms with E-state index in [1.807, 2.05) is 36.4 Å². The minimum atomic E-state index is -0.422. The number of halogens is 2. The third kappa shape index (κ3) is 5.42. The van der Waals surface area contributed by atoms with Gasteiger partial charge in [0.15, 0.2) is 0 Å². The van der Waals surface area contributed by atoms with Gasteiger partial charge in [-0.05, 0) is 71.8 Å². The zero-order valence-corrected chi connectivity index (χ0v) is 20.8. The van der Waals surface area contributed by atoms with E-state index in [1.165, 1.54) is 7.11 Å². The van der Waals surface area contributed by atoms with Crippen molar-refractivity contribution in [3.8, 4) is 5.75 Å². The molecule has 178 valence electrons. The maximum atomic E-state index is 14.0. The normalized spacial score (nSPS) is 10.7. The van der Waals surface area contributed by atoms with Crippen LogP contribution in [0.5, 0.6) is 5.75 Å². The number of nitrogens with zero attached hydrogens (tertiary/aromatic N) is 1. The van der Waals surface area contributed by atoms with Gasteiger partial charge in [0.2, 0.25) is 0 Å². The van der Waals surface area contributed by atoms with Crippen LogP contribution in [-0.2, 0) is 11.3 Å². The average molecular weight is 508 g/mol. The number of hydrogen-bond donors (Lipinski definition) is 0. The molecule has 0 saturated heterocycles. The Balaban J connectivity index is 1.79. The van der Waals surface area contributed by atoms with Gasteiger partial charge in [-0.2, -0.15) is 0 Å². The maximum Gasteiger partial charge on any atom is 0.338 e. The molecule has 0 spiro atoms. The van der Waals surface area contributed by atoms with Gasteiger partial charge in [-0.3, -0.25) is 4.79 Å². The number of benzene rings is 4. The number of carbonyl (C=O) groups excluding carboxylic acids is 2. The van der Waals surface area contributed by atoms with E-state index in [2.05, 4.69) is 0 Å². The van der Waals surface area contributed by atoms with Gasteiger partial charge in [0.05, 0.1) is 31.4 Å². The van der Waals surface area contributed by atoms with E-state index in [0.29, 0.717) is 32.6 Å². The molecule has 0 heterocycles. The Morgan fingerprint density at radius 1 is 0.886 bits per heavy atom. The first-order valence-corrected chi connectivity index (χ1v) is 11.8. The van der Waals surface area contributed by atoms with E-state index in [-0.39, 0.29) is 19.1 Å². The van der Waals surface area contributed by atoms with Gasteiger partial charge in [-0.15, -0.1) is 0 Å². The summed E-state index contributed by atoms with van der Waals surface area (Å²) in [6.07, 6.45) is 0. The summed E-state index contributed by atoms with van der Waals surface area (Å²) in [5.74, 6) is -0.236. The fourth-order valence-corrected chi connectivity index (χ4v) is 4.26. The number of carbonyl (C=O) groups is 2. The maximum absolute atomic E-state index is 14.0. The molecular weight excluding hydrogens is 485 g/mol. The first kappa shape index (κ1) is 24.6. The van der Waals surface area contributed by atoms with Crippen molar-refractivity contribution in [1.82, 2.24) is 0 Å². The van der Waals surface area contributed by atoms with Crippen LogP contribution < -0.4 is 9.64 Å². The summed E-state index contributed by atoms with van der Waals surface area (Å²) < 4.78 is 10.6. The number of amides is 1. The number of anilines is 1. The highest BCUT2D eigenvalue weighted by Crippen LogP contribution is 2.31. The number of rotatable bonds is 7. The van der Waals surface area contributed by atoms with Gasteiger partial charge in [0.1, 0.15) is 5.75 Å². The Morgan fingerprint density at radius 3 is 2.20 bits per heavy atom. The lowest BCUT2D eigenvalue weighted by Gasteiger charge is -2.25. The number of methoxy groups -OCH3 is 1. The molecule has 0 aliphatic rings. The first-order chi connectivity index (χ1) is 16.9. The second-order valence-corrected chi connectivity index (χ2v) is 8.64. The van der Waals surface area contributed by atoms with Gasteiger partial charge in [0.25, 0.3) is 5.91 Å². The van der Waals surface area contributed by atoms with Crippen LogP contribution in [0.2, 0.25) is 10.0 Å². The zero-order chi connectivity index (χ0) is 24.9. The molecule has 5 nitrogen and oxygen atoms in total. The van der Waals surface area contributed by atoms with Crippen molar-refractivity contribution in [2.75, 3.05) is 18.6 Å². The highest BCUT2D eigenvalue weighted by molar-refractivity contribution is 6.35. The fourth-order valence-electron chi connectivity index (χ4n) is 3.79. The molecule has 4 aromatic rings. The summed E-state index contributed by atoms with van der Waals surface area (Å²) in [6, 6.07) is 23.3. The molecule has 4 rings (SSSR count). The van der Waals surface area contributed by atoms with Crippen molar-refractivity contribution in [3.05, 3.63) is 106 Å². The predicted octanol–water partition coefficient (Wildman–Crippen LogP) is 7.18. The lowest BCUT2D eigenvalue weighted by molar-refractivity contribution is 0.0526. The standard InChI is InChI=1S/C28H23Cl2NO4/c1-3-35-28(33)18-9-12-23(13-10-18)31(17-21-8-11-22(29)16-25(21)30)27(32)24-14-19-6-4-5-7-20(19)15-26(24)34-2/h4-16H,3,17H2,1-2H3. The third-order valence-corrected chi connectivity index (χ3v) is 6.16. The molecule has 0 aromatic heterocycles. The number of hydrogen-bond acceptors (Lipinski definition) is 4. The van der Waals surface area contributed by atoms with Gasteiger partial charge < -0.3 is 14.4 Å². The topological polar surface area (TPSA) is 55.8 Å². The lowest BCUT2D eigenvalue weighted by Crippen LogP contribution is -2.31. The first-order valence-electron chi connectivity index (χ1n) is 11.0. The minimum absolute atomic E-state index is 0.184. The Kier molecular flexibility index (Phi) is 7.59. The van der Waals surface area contributed by atoms with Gasteiger partial charge in [0, 0.05) is 15.7 Å². The van der Waals surface area contributed by atoms with E-state index in [9.17, 15) is 9.59 Å². The van der Waals surface area contributed by atoms with E-state index in [0.717, 1.165) is 16.3 Å². The third-order valence-electron chi connectivity index (χ3n) is 5.58. The predicted molar refractivity (Wildman–Crippen MR) is 140 cm³/mol. The smallest absolute Gasteiger partial charge is 0.338 e. The zero-order valence-electron chi connectivity index (χ0n) is 19.3. The molecule has 0 saturated carbocycles. The molecular formula is C28H23Cl2NO4. The van der Waals surface area contributed by atoms with Gasteiger partial charge >= 0.3 is 5.97 Å². The number of ether oxygens (including phenoxy) is 2. The van der Waals surface area contributed by atoms with Crippen molar-refractivity contribution >= 4 is 51.5 Å². The van der Waals surface area contributed by atoms with Crippen LogP contribution in [-0.4, -0.2) is 25.6 Å². The quantitative estimate of drug-likeness (QED) is 0.248. The Labute approximate surface area is 213 Å². The monoisotopic (exact) mass is 507 g/mol. The molecule has 0 radical (unpaired) electrons. The van der Waals surface area contributed by atoms with Crippen molar-refractivity contribution in [1.29, 1.82) is 0 Å². The minimum Gasteiger partial charge on any atom is -0.496 e. The SMILES string of the molecule is CCOC(=O)c1ccc(N(Cc2ccc(Cl)cc2Cl)C(=O)c2cc3ccccc3cc2OC)cc1. The van der Waals surface area contributed by atoms with Crippen molar-refractivity contribution in [2.45, 2.75) is 13.5 Å². The van der Waals surface area contributed by atoms with E-state index < -0.39 is 5.97 Å². The summed E-state index contributed by atoms with van der Waals surface area (Å²) >= 11 is 12.5. The molecule has 35 heavy (non-hydrogen) atoms. The van der Waals surface area contributed by atoms with E-state index >= 15 is 0 Å². The van der Waals surface area contributed by atoms with Crippen molar-refractivity contribution < 1.29 is 19.1 Å². The second-order valence-electron chi connectivity index (χ2n) is 7.79. The Hall–Kier alpha value is -3.54. The van der Waals surface area contributed by atoms with Crippen LogP contribution in [0.4, 0.5) is 5.69 Å². The van der Waals surface area contributed by atoms with Crippen LogP contribution in [0, 0.1) is 0 Å². The molecule has 4 aromatic carbocycles. The summed E-state index contributed by atoms with van der Waals surface area (Å²) in [6.45, 7) is 2.21. The average Bonchev–Trinajstić information content (AvgIpc) is 2.87. The van der Waals surface area contributed by atoms with Gasteiger partial charge in [-0.1, -0.05) is 53.5 Å². The van der Waals surface area contributed by atoms with Crippen LogP contribution in [0.3, 0.4) is 0 Å². The molecule has 7 heteroatoms. The molecule has 0 unspecified atom stereocenters. The summed E-state index contributed by atoms with van der Waals surface area (Å²) in [5.41, 5.74) is 2.12. The Bertz CT molecular complexity index is 1390. The lowest BCUT2D eigenvalue weighted by atomic mass is 10.0. The van der Waals surface area contributed by atoms with Crippen LogP contribution in [0.25, 0.3) is 10.8 Å². The van der Waals surface area contributed by atoms with E-state index in [4.69, 9.17) is 32.7 Å². The summed E-state index contributed by atoms with van der Waals surface area (Å²) in [7, 11) is 1.54. The molecule has 0 N–H and O–H groups in total. The van der Waals surface area contributed by atoms with Crippen molar-refractivity contribution in [2.24, 2.45) is 0 Å². The molecule has 0 atom stereocenters.